The van der Waals surface area contributed by atoms with E-state index in [1.165, 1.54) is 0 Å². The van der Waals surface area contributed by atoms with E-state index < -0.39 is 0 Å². The van der Waals surface area contributed by atoms with Crippen molar-refractivity contribution in [2.45, 2.75) is 0 Å². The highest BCUT2D eigenvalue weighted by atomic mass is 16.7. The van der Waals surface area contributed by atoms with Gasteiger partial charge in [-0.2, -0.15) is 0 Å². The molecule has 0 spiro atoms. The van der Waals surface area contributed by atoms with Crippen molar-refractivity contribution in [1.82, 2.24) is 0 Å². The summed E-state index contributed by atoms with van der Waals surface area (Å²) in [6.45, 7) is 0.406. The molecule has 0 atom stereocenters. The topological polar surface area (TPSA) is 69.5 Å². The molecule has 6 heteroatoms. The van der Waals surface area contributed by atoms with Crippen LogP contribution in [0.25, 0.3) is 0 Å². The van der Waals surface area contributed by atoms with Gasteiger partial charge >= 0.3 is 0 Å². The van der Waals surface area contributed by atoms with E-state index in [-0.39, 0.29) is 13.6 Å². The Hall–Kier alpha value is -2.89. The highest BCUT2D eigenvalue weighted by Gasteiger charge is 2.19. The zero-order valence-corrected chi connectivity index (χ0v) is 10.9. The summed E-state index contributed by atoms with van der Waals surface area (Å²) in [4.78, 5) is 0. The predicted octanol–water partition coefficient (Wildman–Crippen LogP) is 2.37. The van der Waals surface area contributed by atoms with Gasteiger partial charge in [-0.15, -0.1) is 0 Å². The van der Waals surface area contributed by atoms with Crippen molar-refractivity contribution >= 4 is 5.71 Å². The fraction of sp³-hybridized carbons (Fsp3) is 0.133. The fourth-order valence-corrected chi connectivity index (χ4v) is 2.37. The first-order chi connectivity index (χ1) is 10.3. The Morgan fingerprint density at radius 3 is 1.71 bits per heavy atom. The average molecular weight is 285 g/mol. The van der Waals surface area contributed by atoms with Crippen LogP contribution in [-0.2, 0) is 0 Å². The molecule has 0 aliphatic carbocycles. The predicted molar refractivity (Wildman–Crippen MR) is 72.6 cm³/mol. The SMILES string of the molecule is ON=C(c1ccc2c(c1)OCO2)c1ccc2c(c1)OCO2. The minimum absolute atomic E-state index is 0.203. The minimum atomic E-state index is 0.203. The molecule has 0 saturated carbocycles. The van der Waals surface area contributed by atoms with Gasteiger partial charge in [0.15, 0.2) is 23.0 Å². The van der Waals surface area contributed by atoms with Crippen molar-refractivity contribution in [3.8, 4) is 23.0 Å². The van der Waals surface area contributed by atoms with Crippen molar-refractivity contribution in [2.24, 2.45) is 5.16 Å². The molecule has 0 saturated heterocycles. The fourth-order valence-electron chi connectivity index (χ4n) is 2.37. The molecule has 0 aromatic heterocycles. The molecule has 0 bridgehead atoms. The van der Waals surface area contributed by atoms with Gasteiger partial charge < -0.3 is 24.2 Å². The number of benzene rings is 2. The lowest BCUT2D eigenvalue weighted by Gasteiger charge is -2.07. The normalized spacial score (nSPS) is 14.1. The summed E-state index contributed by atoms with van der Waals surface area (Å²) < 4.78 is 21.2. The van der Waals surface area contributed by atoms with Crippen LogP contribution in [-0.4, -0.2) is 24.5 Å². The monoisotopic (exact) mass is 285 g/mol. The van der Waals surface area contributed by atoms with Crippen LogP contribution >= 0.6 is 0 Å². The van der Waals surface area contributed by atoms with Crippen LogP contribution in [0.15, 0.2) is 41.6 Å². The lowest BCUT2D eigenvalue weighted by atomic mass is 10.0. The molecule has 2 heterocycles. The number of hydrogen-bond donors (Lipinski definition) is 1. The van der Waals surface area contributed by atoms with Crippen molar-refractivity contribution in [2.75, 3.05) is 13.6 Å². The van der Waals surface area contributed by atoms with E-state index in [1.807, 2.05) is 12.1 Å². The van der Waals surface area contributed by atoms with E-state index in [0.29, 0.717) is 28.7 Å². The molecule has 0 radical (unpaired) electrons. The third kappa shape index (κ3) is 1.92. The third-order valence-corrected chi connectivity index (χ3v) is 3.39. The molecule has 6 nitrogen and oxygen atoms in total. The summed E-state index contributed by atoms with van der Waals surface area (Å²) in [5, 5.41) is 12.8. The molecule has 2 aromatic carbocycles. The van der Waals surface area contributed by atoms with Crippen molar-refractivity contribution in [3.63, 3.8) is 0 Å². The molecule has 2 aromatic rings. The van der Waals surface area contributed by atoms with Gasteiger partial charge in [-0.25, -0.2) is 0 Å². The van der Waals surface area contributed by atoms with E-state index in [4.69, 9.17) is 18.9 Å². The molecule has 106 valence electrons. The second-order valence-electron chi connectivity index (χ2n) is 4.58. The summed E-state index contributed by atoms with van der Waals surface area (Å²) in [6, 6.07) is 10.8. The van der Waals surface area contributed by atoms with Gasteiger partial charge in [-0.05, 0) is 36.4 Å². The minimum Gasteiger partial charge on any atom is -0.454 e. The van der Waals surface area contributed by atoms with Crippen LogP contribution in [0.1, 0.15) is 11.1 Å². The van der Waals surface area contributed by atoms with E-state index in [1.54, 1.807) is 24.3 Å². The Kier molecular flexibility index (Phi) is 2.60. The van der Waals surface area contributed by atoms with Crippen molar-refractivity contribution in [1.29, 1.82) is 0 Å². The summed E-state index contributed by atoms with van der Waals surface area (Å²) in [6.07, 6.45) is 0. The van der Waals surface area contributed by atoms with Crippen LogP contribution in [0, 0.1) is 0 Å². The van der Waals surface area contributed by atoms with Gasteiger partial charge in [0.1, 0.15) is 5.71 Å². The molecule has 0 fully saturated rings. The zero-order chi connectivity index (χ0) is 14.2. The Morgan fingerprint density at radius 1 is 0.762 bits per heavy atom. The number of oxime groups is 1. The molecule has 21 heavy (non-hydrogen) atoms. The second kappa shape index (κ2) is 4.59. The smallest absolute Gasteiger partial charge is 0.231 e. The highest BCUT2D eigenvalue weighted by molar-refractivity contribution is 6.13. The number of ether oxygens (including phenoxy) is 4. The molecule has 2 aliphatic rings. The summed E-state index contributed by atoms with van der Waals surface area (Å²) in [5.41, 5.74) is 1.87. The molecular formula is C15H11NO5. The Balaban J connectivity index is 1.75. The van der Waals surface area contributed by atoms with Crippen molar-refractivity contribution in [3.05, 3.63) is 47.5 Å². The van der Waals surface area contributed by atoms with Gasteiger partial charge in [0, 0.05) is 11.1 Å². The maximum absolute atomic E-state index is 9.37. The highest BCUT2D eigenvalue weighted by Crippen LogP contribution is 2.35. The van der Waals surface area contributed by atoms with Crippen LogP contribution in [0.5, 0.6) is 23.0 Å². The van der Waals surface area contributed by atoms with E-state index in [9.17, 15) is 5.21 Å². The Bertz CT molecular complexity index is 681. The quantitative estimate of drug-likeness (QED) is 0.521. The first-order valence-electron chi connectivity index (χ1n) is 6.37. The largest absolute Gasteiger partial charge is 0.454 e. The van der Waals surface area contributed by atoms with Gasteiger partial charge in [-0.3, -0.25) is 0 Å². The van der Waals surface area contributed by atoms with E-state index in [2.05, 4.69) is 5.16 Å². The van der Waals surface area contributed by atoms with Crippen LogP contribution in [0.4, 0.5) is 0 Å². The average Bonchev–Trinajstić information content (AvgIpc) is 3.15. The number of nitrogens with zero attached hydrogens (tertiary/aromatic N) is 1. The maximum Gasteiger partial charge on any atom is 0.231 e. The first kappa shape index (κ1) is 11.9. The summed E-state index contributed by atoms with van der Waals surface area (Å²) >= 11 is 0. The number of hydrogen-bond acceptors (Lipinski definition) is 6. The zero-order valence-electron chi connectivity index (χ0n) is 10.9. The second-order valence-corrected chi connectivity index (χ2v) is 4.58. The Morgan fingerprint density at radius 2 is 1.24 bits per heavy atom. The number of rotatable bonds is 2. The van der Waals surface area contributed by atoms with Gasteiger partial charge in [0.05, 0.1) is 0 Å². The Labute approximate surface area is 120 Å². The van der Waals surface area contributed by atoms with Gasteiger partial charge in [-0.1, -0.05) is 5.16 Å². The lowest BCUT2D eigenvalue weighted by Crippen LogP contribution is -2.03. The van der Waals surface area contributed by atoms with Crippen LogP contribution in [0.3, 0.4) is 0 Å². The molecule has 0 amide bonds. The van der Waals surface area contributed by atoms with E-state index in [0.717, 1.165) is 11.1 Å². The van der Waals surface area contributed by atoms with Gasteiger partial charge in [0.2, 0.25) is 13.6 Å². The van der Waals surface area contributed by atoms with Crippen LogP contribution in [0.2, 0.25) is 0 Å². The molecule has 1 N–H and O–H groups in total. The first-order valence-corrected chi connectivity index (χ1v) is 6.37. The third-order valence-electron chi connectivity index (χ3n) is 3.39. The molecule has 2 aliphatic heterocycles. The number of fused-ring (bicyclic) bond motifs is 2. The summed E-state index contributed by atoms with van der Waals surface area (Å²) in [7, 11) is 0. The molecule has 4 rings (SSSR count). The standard InChI is InChI=1S/C15H11NO5/c17-16-15(9-1-3-11-13(5-9)20-7-18-11)10-2-4-12-14(6-10)21-8-19-12/h1-6,17H,7-8H2. The molecule has 0 unspecified atom stereocenters. The van der Waals surface area contributed by atoms with Crippen LogP contribution < -0.4 is 18.9 Å². The van der Waals surface area contributed by atoms with Crippen molar-refractivity contribution < 1.29 is 24.2 Å². The van der Waals surface area contributed by atoms with E-state index >= 15 is 0 Å². The summed E-state index contributed by atoms with van der Waals surface area (Å²) in [5.74, 6) is 2.63. The molecular weight excluding hydrogens is 274 g/mol. The lowest BCUT2D eigenvalue weighted by molar-refractivity contribution is 0.173. The maximum atomic E-state index is 9.37. The van der Waals surface area contributed by atoms with Gasteiger partial charge in [0.25, 0.3) is 0 Å².